The summed E-state index contributed by atoms with van der Waals surface area (Å²) in [6.45, 7) is 0.681. The molecule has 0 aliphatic carbocycles. The molecule has 0 unspecified atom stereocenters. The number of hydrogen-bond acceptors (Lipinski definition) is 6. The molecule has 27 heavy (non-hydrogen) atoms. The topological polar surface area (TPSA) is 111 Å². The monoisotopic (exact) mass is 405 g/mol. The van der Waals surface area contributed by atoms with E-state index in [2.05, 4.69) is 10.3 Å². The average Bonchev–Trinajstić information content (AvgIpc) is 3.04. The van der Waals surface area contributed by atoms with Gasteiger partial charge in [0.25, 0.3) is 0 Å². The summed E-state index contributed by atoms with van der Waals surface area (Å²) in [4.78, 5) is 16.3. The number of para-hydroxylation sites is 1. The molecule has 0 bridgehead atoms. The number of carbonyl (C=O) groups excluding carboxylic acids is 1. The summed E-state index contributed by atoms with van der Waals surface area (Å²) in [6.07, 6.45) is 0.578. The lowest BCUT2D eigenvalue weighted by atomic mass is 10.1. The number of carbonyl (C=O) groups is 1. The number of thiazole rings is 1. The first-order valence-corrected chi connectivity index (χ1v) is 10.6. The molecular formula is C18H19N3O4S2. The molecule has 3 aromatic rings. The van der Waals surface area contributed by atoms with Crippen LogP contribution in [0.25, 0.3) is 10.2 Å². The Morgan fingerprint density at radius 3 is 2.59 bits per heavy atom. The molecule has 142 valence electrons. The molecule has 3 N–H and O–H groups in total. The molecule has 1 amide bonds. The highest BCUT2D eigenvalue weighted by Gasteiger charge is 2.08. The molecule has 2 aromatic carbocycles. The predicted octanol–water partition coefficient (Wildman–Crippen LogP) is 1.82. The maximum absolute atomic E-state index is 11.8. The zero-order chi connectivity index (χ0) is 19.3. The third-order valence-corrected chi connectivity index (χ3v) is 5.72. The van der Waals surface area contributed by atoms with Crippen molar-refractivity contribution >= 4 is 37.5 Å². The summed E-state index contributed by atoms with van der Waals surface area (Å²) < 4.78 is 28.9. The number of sulfonamides is 1. The Kier molecular flexibility index (Phi) is 6.17. The smallest absolute Gasteiger partial charge is 0.246 e. The van der Waals surface area contributed by atoms with E-state index >= 15 is 0 Å². The molecule has 1 aromatic heterocycles. The molecule has 1 heterocycles. The Morgan fingerprint density at radius 1 is 1.15 bits per heavy atom. The van der Waals surface area contributed by atoms with Crippen LogP contribution in [0.1, 0.15) is 10.6 Å². The van der Waals surface area contributed by atoms with Gasteiger partial charge in [0.15, 0.2) is 0 Å². The van der Waals surface area contributed by atoms with Gasteiger partial charge in [0.2, 0.25) is 15.9 Å². The number of benzene rings is 2. The Balaban J connectivity index is 1.38. The van der Waals surface area contributed by atoms with E-state index in [9.17, 15) is 13.2 Å². The minimum Gasteiger partial charge on any atom is -0.364 e. The third kappa shape index (κ3) is 5.57. The molecule has 0 aliphatic rings. The van der Waals surface area contributed by atoms with Crippen LogP contribution in [-0.2, 0) is 32.6 Å². The molecule has 0 saturated heterocycles. The van der Waals surface area contributed by atoms with E-state index in [1.54, 1.807) is 23.5 Å². The number of ether oxygens (including phenoxy) is 1. The van der Waals surface area contributed by atoms with Crippen molar-refractivity contribution in [2.75, 3.05) is 13.2 Å². The maximum atomic E-state index is 11.8. The summed E-state index contributed by atoms with van der Waals surface area (Å²) in [5, 5.41) is 8.65. The second kappa shape index (κ2) is 8.57. The van der Waals surface area contributed by atoms with Crippen molar-refractivity contribution in [2.24, 2.45) is 5.14 Å². The third-order valence-electron chi connectivity index (χ3n) is 3.78. The van der Waals surface area contributed by atoms with Crippen LogP contribution in [0.4, 0.5) is 0 Å². The lowest BCUT2D eigenvalue weighted by molar-refractivity contribution is -0.126. The second-order valence-corrected chi connectivity index (χ2v) is 8.53. The summed E-state index contributed by atoms with van der Waals surface area (Å²) in [5.74, 6) is -0.211. The Labute approximate surface area is 161 Å². The highest BCUT2D eigenvalue weighted by atomic mass is 32.2. The van der Waals surface area contributed by atoms with Gasteiger partial charge in [0, 0.05) is 6.54 Å². The highest BCUT2D eigenvalue weighted by molar-refractivity contribution is 7.89. The van der Waals surface area contributed by atoms with Crippen LogP contribution in [-0.4, -0.2) is 32.5 Å². The number of rotatable bonds is 8. The first kappa shape index (κ1) is 19.4. The van der Waals surface area contributed by atoms with Crippen LogP contribution in [0, 0.1) is 0 Å². The van der Waals surface area contributed by atoms with E-state index in [1.807, 2.05) is 24.3 Å². The fraction of sp³-hybridized carbons (Fsp3) is 0.222. The Morgan fingerprint density at radius 2 is 1.89 bits per heavy atom. The second-order valence-electron chi connectivity index (χ2n) is 5.86. The predicted molar refractivity (Wildman–Crippen MR) is 104 cm³/mol. The van der Waals surface area contributed by atoms with Gasteiger partial charge in [-0.15, -0.1) is 11.3 Å². The van der Waals surface area contributed by atoms with Gasteiger partial charge in [-0.3, -0.25) is 4.79 Å². The molecule has 0 fully saturated rings. The SMILES string of the molecule is NS(=O)(=O)c1ccc(CCNC(=O)COCc2nc3ccccc3s2)cc1. The average molecular weight is 406 g/mol. The number of primary sulfonamides is 1. The molecular weight excluding hydrogens is 386 g/mol. The van der Waals surface area contributed by atoms with Gasteiger partial charge in [-0.2, -0.15) is 0 Å². The zero-order valence-corrected chi connectivity index (χ0v) is 16.1. The lowest BCUT2D eigenvalue weighted by Crippen LogP contribution is -2.29. The molecule has 7 nitrogen and oxygen atoms in total. The number of amides is 1. The Bertz CT molecular complexity index is 997. The first-order chi connectivity index (χ1) is 12.9. The molecule has 0 atom stereocenters. The van der Waals surface area contributed by atoms with E-state index in [-0.39, 0.29) is 17.4 Å². The minimum atomic E-state index is -3.69. The molecule has 0 spiro atoms. The summed E-state index contributed by atoms with van der Waals surface area (Å²) >= 11 is 1.55. The highest BCUT2D eigenvalue weighted by Crippen LogP contribution is 2.21. The van der Waals surface area contributed by atoms with Crippen molar-refractivity contribution in [1.29, 1.82) is 0 Å². The van der Waals surface area contributed by atoms with Gasteiger partial charge in [0.1, 0.15) is 11.6 Å². The van der Waals surface area contributed by atoms with E-state index in [0.29, 0.717) is 19.6 Å². The lowest BCUT2D eigenvalue weighted by Gasteiger charge is -2.06. The molecule has 0 aliphatic heterocycles. The molecule has 0 radical (unpaired) electrons. The zero-order valence-electron chi connectivity index (χ0n) is 14.4. The van der Waals surface area contributed by atoms with Crippen LogP contribution < -0.4 is 10.5 Å². The van der Waals surface area contributed by atoms with E-state index in [4.69, 9.17) is 9.88 Å². The van der Waals surface area contributed by atoms with Crippen LogP contribution in [0.3, 0.4) is 0 Å². The summed E-state index contributed by atoms with van der Waals surface area (Å²) in [7, 11) is -3.69. The Hall–Kier alpha value is -2.33. The van der Waals surface area contributed by atoms with Gasteiger partial charge in [-0.1, -0.05) is 24.3 Å². The first-order valence-electron chi connectivity index (χ1n) is 8.22. The normalized spacial score (nSPS) is 11.6. The van der Waals surface area contributed by atoms with E-state index in [1.165, 1.54) is 12.1 Å². The van der Waals surface area contributed by atoms with Crippen molar-refractivity contribution in [3.63, 3.8) is 0 Å². The van der Waals surface area contributed by atoms with Crippen LogP contribution in [0.5, 0.6) is 0 Å². The summed E-state index contributed by atoms with van der Waals surface area (Å²) in [5.41, 5.74) is 1.83. The van der Waals surface area contributed by atoms with Gasteiger partial charge < -0.3 is 10.1 Å². The van der Waals surface area contributed by atoms with Crippen molar-refractivity contribution < 1.29 is 17.9 Å². The van der Waals surface area contributed by atoms with Crippen molar-refractivity contribution in [2.45, 2.75) is 17.9 Å². The molecule has 9 heteroatoms. The minimum absolute atomic E-state index is 0.0414. The summed E-state index contributed by atoms with van der Waals surface area (Å²) in [6, 6.07) is 14.1. The number of nitrogens with zero attached hydrogens (tertiary/aromatic N) is 1. The van der Waals surface area contributed by atoms with Crippen molar-refractivity contribution in [3.05, 3.63) is 59.1 Å². The number of aromatic nitrogens is 1. The van der Waals surface area contributed by atoms with E-state index in [0.717, 1.165) is 20.8 Å². The number of fused-ring (bicyclic) bond motifs is 1. The van der Waals surface area contributed by atoms with E-state index < -0.39 is 10.0 Å². The number of nitrogens with one attached hydrogen (secondary N) is 1. The van der Waals surface area contributed by atoms with Crippen LogP contribution in [0.15, 0.2) is 53.4 Å². The quantitative estimate of drug-likeness (QED) is 0.594. The van der Waals surface area contributed by atoms with Gasteiger partial charge in [0.05, 0.1) is 21.7 Å². The fourth-order valence-corrected chi connectivity index (χ4v) is 3.88. The van der Waals surface area contributed by atoms with Crippen LogP contribution in [0.2, 0.25) is 0 Å². The van der Waals surface area contributed by atoms with Crippen molar-refractivity contribution in [1.82, 2.24) is 10.3 Å². The van der Waals surface area contributed by atoms with Crippen LogP contribution >= 0.6 is 11.3 Å². The standard InChI is InChI=1S/C18H19N3O4S2/c19-27(23,24)14-7-5-13(6-8-14)9-10-20-17(22)11-25-12-18-21-15-3-1-2-4-16(15)26-18/h1-8H,9-12H2,(H,20,22)(H2,19,23,24). The molecule has 3 rings (SSSR count). The largest absolute Gasteiger partial charge is 0.364 e. The number of hydrogen-bond donors (Lipinski definition) is 2. The molecule has 0 saturated carbocycles. The van der Waals surface area contributed by atoms with Crippen molar-refractivity contribution in [3.8, 4) is 0 Å². The van der Waals surface area contributed by atoms with Gasteiger partial charge in [-0.05, 0) is 36.2 Å². The van der Waals surface area contributed by atoms with Gasteiger partial charge >= 0.3 is 0 Å². The number of nitrogens with two attached hydrogens (primary N) is 1. The van der Waals surface area contributed by atoms with Gasteiger partial charge in [-0.25, -0.2) is 18.5 Å². The maximum Gasteiger partial charge on any atom is 0.246 e. The fourth-order valence-electron chi connectivity index (χ4n) is 2.46.